The number of benzene rings is 2. The quantitative estimate of drug-likeness (QED) is 0.785. The average molecular weight is 275 g/mol. The van der Waals surface area contributed by atoms with E-state index in [4.69, 9.17) is 16.3 Å². The van der Waals surface area contributed by atoms with E-state index < -0.39 is 0 Å². The van der Waals surface area contributed by atoms with Gasteiger partial charge < -0.3 is 4.74 Å². The maximum absolute atomic E-state index is 12.2. The monoisotopic (exact) mass is 274 g/mol. The van der Waals surface area contributed by atoms with Crippen molar-refractivity contribution in [1.29, 1.82) is 0 Å². The molecule has 0 heterocycles. The molecule has 0 bridgehead atoms. The van der Waals surface area contributed by atoms with Crippen molar-refractivity contribution in [3.63, 3.8) is 0 Å². The number of Topliss-reactive ketones (excluding diaryl/α,β-unsaturated/α-hetero) is 1. The van der Waals surface area contributed by atoms with Crippen molar-refractivity contribution in [2.75, 3.05) is 7.11 Å². The van der Waals surface area contributed by atoms with Crippen LogP contribution in [0.4, 0.5) is 0 Å². The number of aryl methyl sites for hydroxylation is 1. The first-order chi connectivity index (χ1) is 9.10. The first-order valence-electron chi connectivity index (χ1n) is 6.02. The third-order valence-corrected chi connectivity index (χ3v) is 3.22. The van der Waals surface area contributed by atoms with Crippen LogP contribution in [0.2, 0.25) is 5.02 Å². The Labute approximate surface area is 118 Å². The molecule has 3 heteroatoms. The average Bonchev–Trinajstić information content (AvgIpc) is 2.38. The summed E-state index contributed by atoms with van der Waals surface area (Å²) in [5, 5.41) is 0.456. The number of rotatable bonds is 4. The number of ketones is 1. The maximum Gasteiger partial charge on any atom is 0.167 e. The van der Waals surface area contributed by atoms with E-state index in [0.717, 1.165) is 11.1 Å². The van der Waals surface area contributed by atoms with E-state index in [0.29, 0.717) is 22.8 Å². The first kappa shape index (κ1) is 13.6. The van der Waals surface area contributed by atoms with Gasteiger partial charge in [0.05, 0.1) is 12.1 Å². The molecule has 0 aliphatic heterocycles. The fraction of sp³-hybridized carbons (Fsp3) is 0.188. The van der Waals surface area contributed by atoms with Crippen LogP contribution >= 0.6 is 11.6 Å². The lowest BCUT2D eigenvalue weighted by atomic mass is 10.0. The van der Waals surface area contributed by atoms with Crippen molar-refractivity contribution in [2.45, 2.75) is 13.3 Å². The Morgan fingerprint density at radius 2 is 2.00 bits per heavy atom. The van der Waals surface area contributed by atoms with Crippen LogP contribution in [0, 0.1) is 6.92 Å². The number of carbonyl (C=O) groups is 1. The van der Waals surface area contributed by atoms with E-state index in [1.807, 2.05) is 31.2 Å². The normalized spacial score (nSPS) is 10.3. The lowest BCUT2D eigenvalue weighted by Crippen LogP contribution is -2.04. The minimum Gasteiger partial charge on any atom is -0.495 e. The van der Waals surface area contributed by atoms with E-state index in [-0.39, 0.29) is 5.78 Å². The van der Waals surface area contributed by atoms with Crippen molar-refractivity contribution in [2.24, 2.45) is 0 Å². The molecular weight excluding hydrogens is 260 g/mol. The van der Waals surface area contributed by atoms with E-state index in [9.17, 15) is 4.79 Å². The fourth-order valence-corrected chi connectivity index (χ4v) is 2.21. The summed E-state index contributed by atoms with van der Waals surface area (Å²) in [6.45, 7) is 2.01. The molecule has 2 aromatic carbocycles. The van der Waals surface area contributed by atoms with Crippen LogP contribution in [0.5, 0.6) is 5.75 Å². The molecule has 2 aromatic rings. The van der Waals surface area contributed by atoms with Crippen molar-refractivity contribution in [3.05, 3.63) is 64.2 Å². The molecule has 2 nitrogen and oxygen atoms in total. The summed E-state index contributed by atoms with van der Waals surface area (Å²) in [4.78, 5) is 12.2. The zero-order chi connectivity index (χ0) is 13.8. The summed E-state index contributed by atoms with van der Waals surface area (Å²) in [5.74, 6) is 0.629. The van der Waals surface area contributed by atoms with Crippen LogP contribution in [0.1, 0.15) is 21.5 Å². The zero-order valence-corrected chi connectivity index (χ0v) is 11.7. The standard InChI is InChI=1S/C16H15ClO2/c1-11-4-3-5-12(8-11)9-15(18)13-6-7-16(19-2)14(17)10-13/h3-8,10H,9H2,1-2H3. The first-order valence-corrected chi connectivity index (χ1v) is 6.40. The lowest BCUT2D eigenvalue weighted by Gasteiger charge is -2.06. The predicted molar refractivity (Wildman–Crippen MR) is 77.2 cm³/mol. The van der Waals surface area contributed by atoms with Gasteiger partial charge in [0.1, 0.15) is 5.75 Å². The fourth-order valence-electron chi connectivity index (χ4n) is 1.95. The molecule has 0 aromatic heterocycles. The lowest BCUT2D eigenvalue weighted by molar-refractivity contribution is 0.0993. The van der Waals surface area contributed by atoms with Crippen molar-refractivity contribution in [1.82, 2.24) is 0 Å². The van der Waals surface area contributed by atoms with Crippen LogP contribution in [0.15, 0.2) is 42.5 Å². The van der Waals surface area contributed by atoms with Gasteiger partial charge in [-0.25, -0.2) is 0 Å². The Morgan fingerprint density at radius 1 is 1.21 bits per heavy atom. The molecule has 0 aliphatic rings. The molecule has 0 amide bonds. The third kappa shape index (κ3) is 3.36. The molecule has 19 heavy (non-hydrogen) atoms. The molecule has 0 radical (unpaired) electrons. The number of ether oxygens (including phenoxy) is 1. The SMILES string of the molecule is COc1ccc(C(=O)Cc2cccc(C)c2)cc1Cl. The summed E-state index contributed by atoms with van der Waals surface area (Å²) in [6, 6.07) is 13.0. The van der Waals surface area contributed by atoms with E-state index in [1.54, 1.807) is 25.3 Å². The minimum atomic E-state index is 0.0511. The number of hydrogen-bond donors (Lipinski definition) is 0. The highest BCUT2D eigenvalue weighted by atomic mass is 35.5. The van der Waals surface area contributed by atoms with Crippen LogP contribution < -0.4 is 4.74 Å². The maximum atomic E-state index is 12.2. The Hall–Kier alpha value is -1.80. The van der Waals surface area contributed by atoms with Crippen molar-refractivity contribution in [3.8, 4) is 5.75 Å². The van der Waals surface area contributed by atoms with Gasteiger partial charge in [-0.2, -0.15) is 0 Å². The van der Waals surface area contributed by atoms with E-state index >= 15 is 0 Å². The third-order valence-electron chi connectivity index (χ3n) is 2.92. The topological polar surface area (TPSA) is 26.3 Å². The van der Waals surface area contributed by atoms with Crippen LogP contribution in [-0.4, -0.2) is 12.9 Å². The molecule has 0 aliphatic carbocycles. The Bertz CT molecular complexity index is 605. The number of methoxy groups -OCH3 is 1. The smallest absolute Gasteiger partial charge is 0.167 e. The second-order valence-corrected chi connectivity index (χ2v) is 4.85. The van der Waals surface area contributed by atoms with E-state index in [2.05, 4.69) is 0 Å². The Balaban J connectivity index is 2.18. The molecular formula is C16H15ClO2. The van der Waals surface area contributed by atoms with Crippen LogP contribution in [0.25, 0.3) is 0 Å². The molecule has 0 unspecified atom stereocenters. The second kappa shape index (κ2) is 5.89. The predicted octanol–water partition coefficient (Wildman–Crippen LogP) is 4.08. The molecule has 0 atom stereocenters. The Kier molecular flexibility index (Phi) is 4.23. The number of halogens is 1. The van der Waals surface area contributed by atoms with Gasteiger partial charge in [0.2, 0.25) is 0 Å². The highest BCUT2D eigenvalue weighted by molar-refractivity contribution is 6.32. The molecule has 0 spiro atoms. The second-order valence-electron chi connectivity index (χ2n) is 4.44. The van der Waals surface area contributed by atoms with Gasteiger partial charge in [-0.05, 0) is 30.7 Å². The highest BCUT2D eigenvalue weighted by Crippen LogP contribution is 2.25. The number of carbonyl (C=O) groups excluding carboxylic acids is 1. The van der Waals surface area contributed by atoms with Gasteiger partial charge in [-0.3, -0.25) is 4.79 Å². The van der Waals surface area contributed by atoms with Crippen molar-refractivity contribution >= 4 is 17.4 Å². The molecule has 0 fully saturated rings. The van der Waals surface area contributed by atoms with Crippen LogP contribution in [-0.2, 0) is 6.42 Å². The summed E-state index contributed by atoms with van der Waals surface area (Å²) in [6.07, 6.45) is 0.379. The van der Waals surface area contributed by atoms with Gasteiger partial charge in [0, 0.05) is 12.0 Å². The van der Waals surface area contributed by atoms with Crippen LogP contribution in [0.3, 0.4) is 0 Å². The molecule has 0 N–H and O–H groups in total. The number of hydrogen-bond acceptors (Lipinski definition) is 2. The van der Waals surface area contributed by atoms with Gasteiger partial charge in [-0.15, -0.1) is 0 Å². The molecule has 0 saturated heterocycles. The zero-order valence-electron chi connectivity index (χ0n) is 10.9. The summed E-state index contributed by atoms with van der Waals surface area (Å²) in [5.41, 5.74) is 2.77. The summed E-state index contributed by atoms with van der Waals surface area (Å²) < 4.78 is 5.07. The Morgan fingerprint density at radius 3 is 2.63 bits per heavy atom. The molecule has 0 saturated carbocycles. The van der Waals surface area contributed by atoms with Gasteiger partial charge in [0.25, 0.3) is 0 Å². The largest absolute Gasteiger partial charge is 0.495 e. The van der Waals surface area contributed by atoms with Gasteiger partial charge in [-0.1, -0.05) is 41.4 Å². The highest BCUT2D eigenvalue weighted by Gasteiger charge is 2.10. The van der Waals surface area contributed by atoms with Gasteiger partial charge in [0.15, 0.2) is 5.78 Å². The summed E-state index contributed by atoms with van der Waals surface area (Å²) in [7, 11) is 1.55. The minimum absolute atomic E-state index is 0.0511. The van der Waals surface area contributed by atoms with E-state index in [1.165, 1.54) is 0 Å². The summed E-state index contributed by atoms with van der Waals surface area (Å²) >= 11 is 6.02. The van der Waals surface area contributed by atoms with Gasteiger partial charge >= 0.3 is 0 Å². The van der Waals surface area contributed by atoms with Crippen molar-refractivity contribution < 1.29 is 9.53 Å². The molecule has 2 rings (SSSR count). The molecule has 98 valence electrons.